The zero-order valence-electron chi connectivity index (χ0n) is 7.86. The Kier molecular flexibility index (Phi) is 2.48. The molecule has 0 radical (unpaired) electrons. The van der Waals surface area contributed by atoms with Crippen LogP contribution in [0.1, 0.15) is 46.8 Å². The summed E-state index contributed by atoms with van der Waals surface area (Å²) in [6.45, 7) is 0. The maximum absolute atomic E-state index is 11.8. The number of furan rings is 1. The molecule has 0 spiro atoms. The van der Waals surface area contributed by atoms with Crippen molar-refractivity contribution in [3.8, 4) is 0 Å². The lowest BCUT2D eigenvalue weighted by Crippen LogP contribution is -2.09. The van der Waals surface area contributed by atoms with Crippen molar-refractivity contribution in [2.45, 2.75) is 25.7 Å². The molecule has 3 nitrogen and oxygen atoms in total. The third-order valence-corrected chi connectivity index (χ3v) is 2.71. The SMILES string of the molecule is O=Cc1ccc(C(=O)C2CCCC2)o1. The van der Waals surface area contributed by atoms with Gasteiger partial charge in [0.2, 0.25) is 5.78 Å². The second-order valence-electron chi connectivity index (χ2n) is 3.67. The topological polar surface area (TPSA) is 47.3 Å². The fourth-order valence-corrected chi connectivity index (χ4v) is 1.94. The van der Waals surface area contributed by atoms with Crippen LogP contribution in [0.15, 0.2) is 16.5 Å². The van der Waals surface area contributed by atoms with Crippen molar-refractivity contribution < 1.29 is 14.0 Å². The Morgan fingerprint density at radius 1 is 1.36 bits per heavy atom. The maximum Gasteiger partial charge on any atom is 0.201 e. The van der Waals surface area contributed by atoms with E-state index in [2.05, 4.69) is 0 Å². The van der Waals surface area contributed by atoms with Crippen LogP contribution in [-0.2, 0) is 0 Å². The van der Waals surface area contributed by atoms with E-state index in [-0.39, 0.29) is 17.5 Å². The molecular formula is C11H12O3. The number of Topliss-reactive ketones (excluding diaryl/α,β-unsaturated/α-hetero) is 1. The molecule has 0 N–H and O–H groups in total. The van der Waals surface area contributed by atoms with Crippen LogP contribution in [0.25, 0.3) is 0 Å². The number of carbonyl (C=O) groups is 2. The zero-order valence-corrected chi connectivity index (χ0v) is 7.86. The molecule has 1 fully saturated rings. The lowest BCUT2D eigenvalue weighted by molar-refractivity contribution is 0.0892. The molecule has 1 saturated carbocycles. The first-order valence-corrected chi connectivity index (χ1v) is 4.90. The summed E-state index contributed by atoms with van der Waals surface area (Å²) in [6, 6.07) is 3.12. The lowest BCUT2D eigenvalue weighted by atomic mass is 10.0. The molecule has 1 aliphatic carbocycles. The molecular weight excluding hydrogens is 180 g/mol. The third kappa shape index (κ3) is 1.62. The fourth-order valence-electron chi connectivity index (χ4n) is 1.94. The van der Waals surface area contributed by atoms with Crippen LogP contribution in [0.3, 0.4) is 0 Å². The van der Waals surface area contributed by atoms with Crippen molar-refractivity contribution in [1.29, 1.82) is 0 Å². The Morgan fingerprint density at radius 3 is 2.64 bits per heavy atom. The van der Waals surface area contributed by atoms with Gasteiger partial charge in [0.25, 0.3) is 0 Å². The van der Waals surface area contributed by atoms with E-state index < -0.39 is 0 Å². The van der Waals surface area contributed by atoms with Gasteiger partial charge in [-0.3, -0.25) is 9.59 Å². The molecule has 74 valence electrons. The smallest absolute Gasteiger partial charge is 0.201 e. The van der Waals surface area contributed by atoms with E-state index in [0.29, 0.717) is 12.0 Å². The van der Waals surface area contributed by atoms with Gasteiger partial charge in [0.1, 0.15) is 0 Å². The highest BCUT2D eigenvalue weighted by Gasteiger charge is 2.25. The van der Waals surface area contributed by atoms with Crippen LogP contribution in [0, 0.1) is 5.92 Å². The Bertz CT molecular complexity index is 345. The minimum atomic E-state index is 0.0515. The molecule has 14 heavy (non-hydrogen) atoms. The van der Waals surface area contributed by atoms with Crippen LogP contribution in [0.2, 0.25) is 0 Å². The Hall–Kier alpha value is -1.38. The number of hydrogen-bond acceptors (Lipinski definition) is 3. The predicted molar refractivity (Wildman–Crippen MR) is 50.4 cm³/mol. The van der Waals surface area contributed by atoms with Crippen LogP contribution in [0.4, 0.5) is 0 Å². The van der Waals surface area contributed by atoms with Gasteiger partial charge in [-0.05, 0) is 25.0 Å². The van der Waals surface area contributed by atoms with Gasteiger partial charge < -0.3 is 4.42 Å². The summed E-state index contributed by atoms with van der Waals surface area (Å²) in [7, 11) is 0. The van der Waals surface area contributed by atoms with E-state index in [4.69, 9.17) is 4.42 Å². The van der Waals surface area contributed by atoms with Crippen LogP contribution >= 0.6 is 0 Å². The lowest BCUT2D eigenvalue weighted by Gasteiger charge is -2.03. The molecule has 0 aliphatic heterocycles. The second kappa shape index (κ2) is 3.78. The Morgan fingerprint density at radius 2 is 2.07 bits per heavy atom. The van der Waals surface area contributed by atoms with Crippen LogP contribution in [-0.4, -0.2) is 12.1 Å². The van der Waals surface area contributed by atoms with Gasteiger partial charge in [-0.2, -0.15) is 0 Å². The summed E-state index contributed by atoms with van der Waals surface area (Å²) in [6.07, 6.45) is 4.77. The molecule has 0 saturated heterocycles. The minimum Gasteiger partial charge on any atom is -0.450 e. The van der Waals surface area contributed by atoms with Gasteiger partial charge in [0, 0.05) is 5.92 Å². The highest BCUT2D eigenvalue weighted by molar-refractivity contribution is 5.96. The molecule has 3 heteroatoms. The van der Waals surface area contributed by atoms with Gasteiger partial charge in [0.15, 0.2) is 17.8 Å². The first-order valence-electron chi connectivity index (χ1n) is 4.90. The molecule has 1 aliphatic rings. The van der Waals surface area contributed by atoms with Gasteiger partial charge in [-0.25, -0.2) is 0 Å². The molecule has 0 amide bonds. The number of hydrogen-bond donors (Lipinski definition) is 0. The molecule has 0 bridgehead atoms. The summed E-state index contributed by atoms with van der Waals surface area (Å²) >= 11 is 0. The highest BCUT2D eigenvalue weighted by Crippen LogP contribution is 2.28. The highest BCUT2D eigenvalue weighted by atomic mass is 16.4. The van der Waals surface area contributed by atoms with Gasteiger partial charge in [-0.15, -0.1) is 0 Å². The van der Waals surface area contributed by atoms with Crippen LogP contribution in [0.5, 0.6) is 0 Å². The van der Waals surface area contributed by atoms with E-state index >= 15 is 0 Å². The Balaban J connectivity index is 2.13. The van der Waals surface area contributed by atoms with E-state index in [0.717, 1.165) is 25.7 Å². The zero-order chi connectivity index (χ0) is 9.97. The summed E-state index contributed by atoms with van der Waals surface area (Å²) in [4.78, 5) is 22.1. The summed E-state index contributed by atoms with van der Waals surface area (Å²) < 4.78 is 5.09. The first kappa shape index (κ1) is 9.19. The largest absolute Gasteiger partial charge is 0.450 e. The van der Waals surface area contributed by atoms with Crippen molar-refractivity contribution in [2.75, 3.05) is 0 Å². The van der Waals surface area contributed by atoms with E-state index in [1.807, 2.05) is 0 Å². The van der Waals surface area contributed by atoms with Crippen LogP contribution < -0.4 is 0 Å². The second-order valence-corrected chi connectivity index (χ2v) is 3.67. The molecule has 0 unspecified atom stereocenters. The summed E-state index contributed by atoms with van der Waals surface area (Å²) in [5.41, 5.74) is 0. The van der Waals surface area contributed by atoms with Crippen molar-refractivity contribution in [1.82, 2.24) is 0 Å². The minimum absolute atomic E-state index is 0.0515. The first-order chi connectivity index (χ1) is 6.81. The third-order valence-electron chi connectivity index (χ3n) is 2.71. The fraction of sp³-hybridized carbons (Fsp3) is 0.455. The maximum atomic E-state index is 11.8. The van der Waals surface area contributed by atoms with Gasteiger partial charge in [-0.1, -0.05) is 12.8 Å². The average Bonchev–Trinajstić information content (AvgIpc) is 2.88. The Labute approximate surface area is 82.1 Å². The summed E-state index contributed by atoms with van der Waals surface area (Å²) in [5, 5.41) is 0. The number of ketones is 1. The van der Waals surface area contributed by atoms with Crippen molar-refractivity contribution in [3.05, 3.63) is 23.7 Å². The van der Waals surface area contributed by atoms with E-state index in [1.165, 1.54) is 6.07 Å². The van der Waals surface area contributed by atoms with Gasteiger partial charge >= 0.3 is 0 Å². The van der Waals surface area contributed by atoms with E-state index in [1.54, 1.807) is 6.07 Å². The van der Waals surface area contributed by atoms with Crippen molar-refractivity contribution >= 4 is 12.1 Å². The van der Waals surface area contributed by atoms with Crippen molar-refractivity contribution in [2.24, 2.45) is 5.92 Å². The number of aldehydes is 1. The molecule has 0 atom stereocenters. The number of carbonyl (C=O) groups excluding carboxylic acids is 2. The van der Waals surface area contributed by atoms with Gasteiger partial charge in [0.05, 0.1) is 0 Å². The molecule has 1 aromatic rings. The molecule has 1 aromatic heterocycles. The standard InChI is InChI=1S/C11H12O3/c12-7-9-5-6-10(14-9)11(13)8-3-1-2-4-8/h5-8H,1-4H2. The molecule has 2 rings (SSSR count). The average molecular weight is 192 g/mol. The number of rotatable bonds is 3. The van der Waals surface area contributed by atoms with E-state index in [9.17, 15) is 9.59 Å². The summed E-state index contributed by atoms with van der Waals surface area (Å²) in [5.74, 6) is 0.724. The molecule has 0 aromatic carbocycles. The molecule has 1 heterocycles. The predicted octanol–water partition coefficient (Wildman–Crippen LogP) is 2.47. The quantitative estimate of drug-likeness (QED) is 0.546. The monoisotopic (exact) mass is 192 g/mol. The van der Waals surface area contributed by atoms with Crippen molar-refractivity contribution in [3.63, 3.8) is 0 Å². The normalized spacial score (nSPS) is 17.1.